The van der Waals surface area contributed by atoms with Gasteiger partial charge in [0.2, 0.25) is 0 Å². The van der Waals surface area contributed by atoms with E-state index in [9.17, 15) is 8.42 Å². The number of aromatic nitrogens is 2. The van der Waals surface area contributed by atoms with Crippen LogP contribution in [0.25, 0.3) is 0 Å². The Hall–Kier alpha value is -0.400. The lowest BCUT2D eigenvalue weighted by Gasteiger charge is -2.22. The highest BCUT2D eigenvalue weighted by molar-refractivity contribution is 9.09. The summed E-state index contributed by atoms with van der Waals surface area (Å²) in [5.41, 5.74) is -0.524. The van der Waals surface area contributed by atoms with Crippen molar-refractivity contribution in [1.29, 1.82) is 0 Å². The van der Waals surface area contributed by atoms with Crippen molar-refractivity contribution < 1.29 is 8.42 Å². The Labute approximate surface area is 91.5 Å². The van der Waals surface area contributed by atoms with Crippen molar-refractivity contribution >= 4 is 26.0 Å². The summed E-state index contributed by atoms with van der Waals surface area (Å²) < 4.78 is 25.9. The maximum absolute atomic E-state index is 11.7. The van der Waals surface area contributed by atoms with Gasteiger partial charge in [-0.1, -0.05) is 15.9 Å². The van der Waals surface area contributed by atoms with Crippen LogP contribution in [0.3, 0.4) is 0 Å². The Morgan fingerprint density at radius 3 is 2.71 bits per heavy atom. The summed E-state index contributed by atoms with van der Waals surface area (Å²) in [4.78, 5) is 6.21. The van der Waals surface area contributed by atoms with E-state index in [1.54, 1.807) is 13.8 Å². The van der Waals surface area contributed by atoms with Crippen LogP contribution in [-0.2, 0) is 10.0 Å². The predicted octanol–water partition coefficient (Wildman–Crippen LogP) is 0.862. The number of aromatic amines is 1. The molecule has 0 aliphatic rings. The first-order valence-electron chi connectivity index (χ1n) is 3.96. The Balaban J connectivity index is 2.89. The highest BCUT2D eigenvalue weighted by Gasteiger charge is 2.25. The van der Waals surface area contributed by atoms with Crippen LogP contribution >= 0.6 is 15.9 Å². The molecular weight excluding hydrogens is 270 g/mol. The molecule has 1 rings (SSSR count). The van der Waals surface area contributed by atoms with Gasteiger partial charge in [-0.15, -0.1) is 0 Å². The zero-order valence-corrected chi connectivity index (χ0v) is 10.3. The lowest BCUT2D eigenvalue weighted by atomic mass is 10.1. The first-order chi connectivity index (χ1) is 6.37. The summed E-state index contributed by atoms with van der Waals surface area (Å²) in [6, 6.07) is 0. The molecule has 1 heterocycles. The number of hydrogen-bond donors (Lipinski definition) is 2. The largest absolute Gasteiger partial charge is 0.335 e. The average molecular weight is 282 g/mol. The molecule has 1 aromatic rings. The van der Waals surface area contributed by atoms with Gasteiger partial charge >= 0.3 is 0 Å². The van der Waals surface area contributed by atoms with Crippen LogP contribution in [0, 0.1) is 0 Å². The molecule has 0 aromatic carbocycles. The SMILES string of the molecule is CC(C)(CBr)NS(=O)(=O)c1cnc[nH]1. The van der Waals surface area contributed by atoms with Crippen molar-refractivity contribution in [2.75, 3.05) is 5.33 Å². The molecule has 0 bridgehead atoms. The number of hydrogen-bond acceptors (Lipinski definition) is 3. The smallest absolute Gasteiger partial charge is 0.258 e. The number of sulfonamides is 1. The zero-order valence-electron chi connectivity index (χ0n) is 7.91. The van der Waals surface area contributed by atoms with Gasteiger partial charge in [-0.2, -0.15) is 0 Å². The van der Waals surface area contributed by atoms with E-state index in [0.29, 0.717) is 5.33 Å². The standard InChI is InChI=1S/C7H12BrN3O2S/c1-7(2,4-8)11-14(12,13)6-3-9-5-10-6/h3,5,11H,4H2,1-2H3,(H,9,10). The molecular formula is C7H12BrN3O2S. The fourth-order valence-corrected chi connectivity index (χ4v) is 2.48. The molecule has 0 fully saturated rings. The molecule has 0 aliphatic carbocycles. The normalized spacial score (nSPS) is 13.1. The van der Waals surface area contributed by atoms with E-state index >= 15 is 0 Å². The molecule has 0 aliphatic heterocycles. The Morgan fingerprint density at radius 2 is 2.29 bits per heavy atom. The van der Waals surface area contributed by atoms with Crippen LogP contribution < -0.4 is 4.72 Å². The van der Waals surface area contributed by atoms with E-state index in [1.165, 1.54) is 12.5 Å². The number of nitrogens with zero attached hydrogens (tertiary/aromatic N) is 1. The van der Waals surface area contributed by atoms with Crippen LogP contribution in [-0.4, -0.2) is 29.3 Å². The molecule has 0 saturated carbocycles. The van der Waals surface area contributed by atoms with E-state index in [4.69, 9.17) is 0 Å². The van der Waals surface area contributed by atoms with Crippen molar-refractivity contribution in [2.24, 2.45) is 0 Å². The van der Waals surface area contributed by atoms with Gasteiger partial charge in [0.1, 0.15) is 0 Å². The molecule has 0 spiro atoms. The first-order valence-corrected chi connectivity index (χ1v) is 6.56. The van der Waals surface area contributed by atoms with Gasteiger partial charge in [0, 0.05) is 10.9 Å². The van der Waals surface area contributed by atoms with Crippen molar-refractivity contribution in [2.45, 2.75) is 24.4 Å². The van der Waals surface area contributed by atoms with Crippen molar-refractivity contribution in [3.8, 4) is 0 Å². The second kappa shape index (κ2) is 4.00. The molecule has 2 N–H and O–H groups in total. The van der Waals surface area contributed by atoms with Gasteiger partial charge in [-0.25, -0.2) is 18.1 Å². The summed E-state index contributed by atoms with van der Waals surface area (Å²) >= 11 is 3.23. The van der Waals surface area contributed by atoms with Crippen molar-refractivity contribution in [1.82, 2.24) is 14.7 Å². The highest BCUT2D eigenvalue weighted by atomic mass is 79.9. The molecule has 0 saturated heterocycles. The van der Waals surface area contributed by atoms with Gasteiger partial charge < -0.3 is 4.98 Å². The fraction of sp³-hybridized carbons (Fsp3) is 0.571. The fourth-order valence-electron chi connectivity index (χ4n) is 0.836. The first kappa shape index (κ1) is 11.7. The quantitative estimate of drug-likeness (QED) is 0.804. The molecule has 14 heavy (non-hydrogen) atoms. The van der Waals surface area contributed by atoms with E-state index in [-0.39, 0.29) is 5.03 Å². The third-order valence-electron chi connectivity index (χ3n) is 1.51. The molecule has 0 amide bonds. The summed E-state index contributed by atoms with van der Waals surface area (Å²) in [7, 11) is -3.48. The molecule has 5 nitrogen and oxygen atoms in total. The number of nitrogens with one attached hydrogen (secondary N) is 2. The Morgan fingerprint density at radius 1 is 1.64 bits per heavy atom. The number of imidazole rings is 1. The predicted molar refractivity (Wildman–Crippen MR) is 56.8 cm³/mol. The van der Waals surface area contributed by atoms with Crippen LogP contribution in [0.5, 0.6) is 0 Å². The highest BCUT2D eigenvalue weighted by Crippen LogP contribution is 2.11. The second-order valence-corrected chi connectivity index (χ2v) is 5.75. The zero-order chi connectivity index (χ0) is 10.8. The molecule has 0 radical (unpaired) electrons. The molecule has 7 heteroatoms. The van der Waals surface area contributed by atoms with Gasteiger partial charge in [0.25, 0.3) is 10.0 Å². The maximum Gasteiger partial charge on any atom is 0.258 e. The van der Waals surface area contributed by atoms with Crippen molar-refractivity contribution in [3.05, 3.63) is 12.5 Å². The van der Waals surface area contributed by atoms with Crippen LogP contribution in [0.4, 0.5) is 0 Å². The minimum Gasteiger partial charge on any atom is -0.335 e. The van der Waals surface area contributed by atoms with Gasteiger partial charge in [0.15, 0.2) is 5.03 Å². The molecule has 0 unspecified atom stereocenters. The Kier molecular flexibility index (Phi) is 3.33. The lowest BCUT2D eigenvalue weighted by molar-refractivity contribution is 0.499. The summed E-state index contributed by atoms with van der Waals surface area (Å²) in [5, 5.41) is 0.611. The third-order valence-corrected chi connectivity index (χ3v) is 4.53. The van der Waals surface area contributed by atoms with E-state index < -0.39 is 15.6 Å². The minimum absolute atomic E-state index is 0.0755. The number of rotatable bonds is 4. The second-order valence-electron chi connectivity index (χ2n) is 3.54. The van der Waals surface area contributed by atoms with E-state index in [2.05, 4.69) is 30.6 Å². The number of alkyl halides is 1. The molecule has 1 aromatic heterocycles. The number of H-pyrrole nitrogens is 1. The topological polar surface area (TPSA) is 74.8 Å². The lowest BCUT2D eigenvalue weighted by Crippen LogP contribution is -2.44. The molecule has 80 valence electrons. The third kappa shape index (κ3) is 2.79. The van der Waals surface area contributed by atoms with Gasteiger partial charge in [-0.3, -0.25) is 0 Å². The van der Waals surface area contributed by atoms with Crippen LogP contribution in [0.2, 0.25) is 0 Å². The summed E-state index contributed by atoms with van der Waals surface area (Å²) in [5.74, 6) is 0. The Bertz CT molecular complexity index is 385. The van der Waals surface area contributed by atoms with E-state index in [1.807, 2.05) is 0 Å². The van der Waals surface area contributed by atoms with Gasteiger partial charge in [0.05, 0.1) is 12.5 Å². The van der Waals surface area contributed by atoms with Crippen LogP contribution in [0.15, 0.2) is 17.6 Å². The van der Waals surface area contributed by atoms with E-state index in [0.717, 1.165) is 0 Å². The monoisotopic (exact) mass is 281 g/mol. The van der Waals surface area contributed by atoms with Crippen LogP contribution in [0.1, 0.15) is 13.8 Å². The summed E-state index contributed by atoms with van der Waals surface area (Å²) in [6.45, 7) is 3.57. The number of halogens is 1. The average Bonchev–Trinajstić information content (AvgIpc) is 2.54. The minimum atomic E-state index is -3.48. The summed E-state index contributed by atoms with van der Waals surface area (Å²) in [6.07, 6.45) is 2.60. The maximum atomic E-state index is 11.7. The van der Waals surface area contributed by atoms with Crippen molar-refractivity contribution in [3.63, 3.8) is 0 Å². The molecule has 0 atom stereocenters. The van der Waals surface area contributed by atoms with Gasteiger partial charge in [-0.05, 0) is 13.8 Å².